The summed E-state index contributed by atoms with van der Waals surface area (Å²) >= 11 is 0. The van der Waals surface area contributed by atoms with Crippen molar-refractivity contribution >= 4 is 19.8 Å². The van der Waals surface area contributed by atoms with E-state index in [1.54, 1.807) is 0 Å². The number of hydrogen-bond acceptors (Lipinski definition) is 7. The van der Waals surface area contributed by atoms with E-state index in [4.69, 9.17) is 18.5 Å². The predicted octanol–water partition coefficient (Wildman–Crippen LogP) is 21.5. The van der Waals surface area contributed by atoms with E-state index in [0.717, 1.165) is 109 Å². The summed E-state index contributed by atoms with van der Waals surface area (Å²) in [6.07, 6.45) is 85.0. The number of carbonyl (C=O) groups excluding carboxylic acids is 2. The Bertz CT molecular complexity index is 1690. The maximum Gasteiger partial charge on any atom is 0.472 e. The number of esters is 2. The zero-order valence-electron chi connectivity index (χ0n) is 53.2. The number of allylic oxidation sites excluding steroid dienone is 16. The first-order valence-electron chi connectivity index (χ1n) is 33.5. The van der Waals surface area contributed by atoms with E-state index in [0.29, 0.717) is 17.4 Å². The molecule has 10 heteroatoms. The summed E-state index contributed by atoms with van der Waals surface area (Å²) in [6.45, 7) is 4.33. The van der Waals surface area contributed by atoms with Gasteiger partial charge in [0.2, 0.25) is 0 Å². The molecule has 0 radical (unpaired) electrons. The predicted molar refractivity (Wildman–Crippen MR) is 348 cm³/mol. The number of carbonyl (C=O) groups is 2. The molecule has 468 valence electrons. The highest BCUT2D eigenvalue weighted by Crippen LogP contribution is 2.43. The smallest absolute Gasteiger partial charge is 0.462 e. The monoisotopic (exact) mass is 1150 g/mol. The minimum Gasteiger partial charge on any atom is -0.462 e. The lowest BCUT2D eigenvalue weighted by Crippen LogP contribution is -2.37. The Kier molecular flexibility index (Phi) is 59.2. The average molecular weight is 1150 g/mol. The fraction of sp³-hybridized carbons (Fsp3) is 0.746. The molecule has 0 aliphatic carbocycles. The Morgan fingerprint density at radius 2 is 0.704 bits per heavy atom. The van der Waals surface area contributed by atoms with Gasteiger partial charge in [-0.05, 0) is 77.0 Å². The van der Waals surface area contributed by atoms with Crippen molar-refractivity contribution in [2.45, 2.75) is 296 Å². The van der Waals surface area contributed by atoms with Gasteiger partial charge in [-0.1, -0.05) is 297 Å². The third-order valence-electron chi connectivity index (χ3n) is 14.4. The molecule has 0 aromatic heterocycles. The summed E-state index contributed by atoms with van der Waals surface area (Å²) in [6, 6.07) is 0. The molecule has 1 N–H and O–H groups in total. The van der Waals surface area contributed by atoms with Crippen LogP contribution in [-0.2, 0) is 32.7 Å². The minimum absolute atomic E-state index is 0.0253. The van der Waals surface area contributed by atoms with Crippen LogP contribution in [0, 0.1) is 0 Å². The first kappa shape index (κ1) is 77.9. The largest absolute Gasteiger partial charge is 0.472 e. The normalized spacial score (nSPS) is 13.8. The topological polar surface area (TPSA) is 108 Å². The maximum atomic E-state index is 12.9. The molecule has 0 bridgehead atoms. The zero-order chi connectivity index (χ0) is 59.1. The number of nitrogens with zero attached hydrogens (tertiary/aromatic N) is 1. The molecule has 0 aromatic rings. The van der Waals surface area contributed by atoms with Gasteiger partial charge in [-0.3, -0.25) is 18.6 Å². The second-order valence-electron chi connectivity index (χ2n) is 23.5. The molecule has 0 aliphatic heterocycles. The second kappa shape index (κ2) is 61.5. The van der Waals surface area contributed by atoms with Crippen molar-refractivity contribution in [1.82, 2.24) is 0 Å². The lowest BCUT2D eigenvalue weighted by molar-refractivity contribution is -0.870. The fourth-order valence-corrected chi connectivity index (χ4v) is 10.0. The van der Waals surface area contributed by atoms with E-state index >= 15 is 0 Å². The van der Waals surface area contributed by atoms with Crippen LogP contribution in [-0.4, -0.2) is 74.9 Å². The van der Waals surface area contributed by atoms with Gasteiger partial charge < -0.3 is 18.9 Å². The standard InChI is InChI=1S/C71H126NO8P/c1-6-8-10-12-14-16-18-20-22-24-26-28-30-32-34-35-36-37-38-40-42-44-46-48-50-52-54-56-58-60-62-64-71(74)80-69(68-79-81(75,76)78-66-65-72(3,4)5)67-77-70(73)63-61-59-57-55-53-51-49-47-45-43-41-39-33-31-29-27-25-23-21-19-17-15-13-11-9-7-2/h8,10,14,16,20,22,26,28,32,34,36-37,40,42,46,48,69H,6-7,9,11-13,15,17-19,21,23-25,27,29-31,33,35,38-39,41,43-45,47,49-68H2,1-5H3/p+1/b10-8-,16-14-,22-20-,28-26-,34-32-,37-36-,42-40-,48-46-. The molecule has 81 heavy (non-hydrogen) atoms. The number of phosphoric ester groups is 1. The van der Waals surface area contributed by atoms with Crippen LogP contribution in [0.15, 0.2) is 97.2 Å². The summed E-state index contributed by atoms with van der Waals surface area (Å²) < 4.78 is 34.7. The number of ether oxygens (including phenoxy) is 2. The molecule has 0 fully saturated rings. The van der Waals surface area contributed by atoms with Gasteiger partial charge in [0.25, 0.3) is 0 Å². The molecule has 0 rings (SSSR count). The first-order chi connectivity index (χ1) is 39.5. The van der Waals surface area contributed by atoms with Crippen LogP contribution >= 0.6 is 7.82 Å². The fourth-order valence-electron chi connectivity index (χ4n) is 9.27. The molecule has 0 aliphatic rings. The third kappa shape index (κ3) is 65.9. The van der Waals surface area contributed by atoms with Crippen LogP contribution in [0.3, 0.4) is 0 Å². The lowest BCUT2D eigenvalue weighted by Gasteiger charge is -2.24. The summed E-state index contributed by atoms with van der Waals surface area (Å²) in [4.78, 5) is 35.8. The lowest BCUT2D eigenvalue weighted by atomic mass is 10.0. The SMILES string of the molecule is CC/C=C\C/C=C\C/C=C\C/C=C\C/C=C\C/C=C\C/C=C\C/C=C\CCCCCCCCC(=O)OC(COC(=O)CCCCCCCCCCCCCCCCCCCCCCCCCCCC)COP(=O)(O)OCC[N+](C)(C)C. The van der Waals surface area contributed by atoms with Crippen molar-refractivity contribution < 1.29 is 42.1 Å². The van der Waals surface area contributed by atoms with Crippen molar-refractivity contribution in [3.05, 3.63) is 97.2 Å². The van der Waals surface area contributed by atoms with Gasteiger partial charge >= 0.3 is 19.8 Å². The van der Waals surface area contributed by atoms with E-state index in [-0.39, 0.29) is 32.0 Å². The van der Waals surface area contributed by atoms with Gasteiger partial charge in [0.05, 0.1) is 27.7 Å². The highest BCUT2D eigenvalue weighted by Gasteiger charge is 2.27. The van der Waals surface area contributed by atoms with E-state index in [2.05, 4.69) is 111 Å². The molecule has 0 spiro atoms. The Balaban J connectivity index is 4.14. The van der Waals surface area contributed by atoms with Crippen LogP contribution in [0.5, 0.6) is 0 Å². The Morgan fingerprint density at radius 1 is 0.395 bits per heavy atom. The van der Waals surface area contributed by atoms with Gasteiger partial charge in [-0.25, -0.2) is 4.57 Å². The molecule has 9 nitrogen and oxygen atoms in total. The van der Waals surface area contributed by atoms with E-state index in [1.165, 1.54) is 148 Å². The van der Waals surface area contributed by atoms with E-state index in [1.807, 2.05) is 21.1 Å². The van der Waals surface area contributed by atoms with Crippen LogP contribution in [0.4, 0.5) is 0 Å². The summed E-state index contributed by atoms with van der Waals surface area (Å²) in [5.74, 6) is -0.808. The number of unbranched alkanes of at least 4 members (excludes halogenated alkanes) is 31. The van der Waals surface area contributed by atoms with Crippen LogP contribution < -0.4 is 0 Å². The molecule has 2 atom stereocenters. The van der Waals surface area contributed by atoms with Crippen LogP contribution in [0.1, 0.15) is 290 Å². The number of rotatable bonds is 61. The number of quaternary nitrogens is 1. The molecule has 0 amide bonds. The van der Waals surface area contributed by atoms with Crippen molar-refractivity contribution in [2.75, 3.05) is 47.5 Å². The van der Waals surface area contributed by atoms with Gasteiger partial charge in [-0.15, -0.1) is 0 Å². The van der Waals surface area contributed by atoms with Crippen molar-refractivity contribution in [3.8, 4) is 0 Å². The van der Waals surface area contributed by atoms with Crippen LogP contribution in [0.2, 0.25) is 0 Å². The highest BCUT2D eigenvalue weighted by atomic mass is 31.2. The van der Waals surface area contributed by atoms with Crippen molar-refractivity contribution in [1.29, 1.82) is 0 Å². The van der Waals surface area contributed by atoms with E-state index in [9.17, 15) is 19.0 Å². The summed E-state index contributed by atoms with van der Waals surface area (Å²) in [5, 5.41) is 0. The third-order valence-corrected chi connectivity index (χ3v) is 15.4. The first-order valence-corrected chi connectivity index (χ1v) is 35.0. The van der Waals surface area contributed by atoms with Crippen LogP contribution in [0.25, 0.3) is 0 Å². The molecule has 0 aromatic carbocycles. The quantitative estimate of drug-likeness (QED) is 0.0211. The summed E-state index contributed by atoms with van der Waals surface area (Å²) in [5.41, 5.74) is 0. The molecular weight excluding hydrogens is 1030 g/mol. The Morgan fingerprint density at radius 3 is 1.05 bits per heavy atom. The van der Waals surface area contributed by atoms with E-state index < -0.39 is 26.5 Å². The number of hydrogen-bond donors (Lipinski definition) is 1. The number of phosphoric acid groups is 1. The van der Waals surface area contributed by atoms with Crippen molar-refractivity contribution in [2.24, 2.45) is 0 Å². The second-order valence-corrected chi connectivity index (χ2v) is 24.9. The summed E-state index contributed by atoms with van der Waals surface area (Å²) in [7, 11) is 1.46. The average Bonchev–Trinajstić information content (AvgIpc) is 3.43. The van der Waals surface area contributed by atoms with Gasteiger partial charge in [0.15, 0.2) is 6.10 Å². The molecule has 0 saturated heterocycles. The molecule has 0 saturated carbocycles. The van der Waals surface area contributed by atoms with Gasteiger partial charge in [0.1, 0.15) is 19.8 Å². The van der Waals surface area contributed by atoms with Gasteiger partial charge in [0, 0.05) is 12.8 Å². The Labute approximate surface area is 500 Å². The Hall–Kier alpha value is -3.07. The van der Waals surface area contributed by atoms with Gasteiger partial charge in [-0.2, -0.15) is 0 Å². The number of likely N-dealkylation sites (N-methyl/N-ethyl adjacent to an activating group) is 1. The molecular formula is C71H127NO8P+. The molecule has 2 unspecified atom stereocenters. The zero-order valence-corrected chi connectivity index (χ0v) is 54.1. The highest BCUT2D eigenvalue weighted by molar-refractivity contribution is 7.47. The molecule has 0 heterocycles. The van der Waals surface area contributed by atoms with Crippen molar-refractivity contribution in [3.63, 3.8) is 0 Å². The minimum atomic E-state index is -4.40. The maximum absolute atomic E-state index is 12.9.